The number of carboxylic acids is 1. The van der Waals surface area contributed by atoms with Crippen LogP contribution >= 0.6 is 11.6 Å². The molecular formula is C11H11ClO2. The van der Waals surface area contributed by atoms with Crippen molar-refractivity contribution in [2.75, 3.05) is 0 Å². The second-order valence-electron chi connectivity index (χ2n) is 3.89. The van der Waals surface area contributed by atoms with Crippen molar-refractivity contribution < 1.29 is 9.90 Å². The van der Waals surface area contributed by atoms with Gasteiger partial charge in [-0.1, -0.05) is 30.7 Å². The molecule has 2 unspecified atom stereocenters. The molecule has 2 nitrogen and oxygen atoms in total. The predicted molar refractivity (Wildman–Crippen MR) is 54.5 cm³/mol. The van der Waals surface area contributed by atoms with Gasteiger partial charge in [-0.3, -0.25) is 4.79 Å². The Morgan fingerprint density at radius 2 is 2.29 bits per heavy atom. The summed E-state index contributed by atoms with van der Waals surface area (Å²) in [6.07, 6.45) is 0.711. The highest BCUT2D eigenvalue weighted by atomic mass is 35.5. The fraction of sp³-hybridized carbons (Fsp3) is 0.364. The lowest BCUT2D eigenvalue weighted by Gasteiger charge is -2.11. The van der Waals surface area contributed by atoms with Gasteiger partial charge in [-0.15, -0.1) is 0 Å². The summed E-state index contributed by atoms with van der Waals surface area (Å²) < 4.78 is 0. The Morgan fingerprint density at radius 1 is 1.64 bits per heavy atom. The van der Waals surface area contributed by atoms with Crippen LogP contribution in [0.25, 0.3) is 0 Å². The molecule has 0 saturated heterocycles. The van der Waals surface area contributed by atoms with Gasteiger partial charge in [0.2, 0.25) is 0 Å². The number of carboxylic acid groups (broad SMARTS) is 1. The van der Waals surface area contributed by atoms with E-state index in [1.54, 1.807) is 18.2 Å². The zero-order valence-electron chi connectivity index (χ0n) is 7.83. The average Bonchev–Trinajstić information content (AvgIpc) is 2.79. The molecule has 0 spiro atoms. The first-order valence-electron chi connectivity index (χ1n) is 4.57. The minimum atomic E-state index is -0.743. The van der Waals surface area contributed by atoms with Crippen molar-refractivity contribution in [3.05, 3.63) is 34.9 Å². The molecule has 1 saturated carbocycles. The van der Waals surface area contributed by atoms with Crippen LogP contribution in [0.2, 0.25) is 5.02 Å². The summed E-state index contributed by atoms with van der Waals surface area (Å²) in [6.45, 7) is 1.95. The van der Waals surface area contributed by atoms with Crippen molar-refractivity contribution >= 4 is 17.6 Å². The summed E-state index contributed by atoms with van der Waals surface area (Å²) in [7, 11) is 0. The van der Waals surface area contributed by atoms with Crippen LogP contribution in [0.1, 0.15) is 18.9 Å². The number of hydrogen-bond acceptors (Lipinski definition) is 1. The number of hydrogen-bond donors (Lipinski definition) is 1. The average molecular weight is 211 g/mol. The van der Waals surface area contributed by atoms with Gasteiger partial charge >= 0.3 is 5.97 Å². The summed E-state index contributed by atoms with van der Waals surface area (Å²) in [5.41, 5.74) is 0.148. The van der Waals surface area contributed by atoms with Crippen LogP contribution in [0.5, 0.6) is 0 Å². The summed E-state index contributed by atoms with van der Waals surface area (Å²) >= 11 is 5.84. The smallest absolute Gasteiger partial charge is 0.314 e. The van der Waals surface area contributed by atoms with Gasteiger partial charge in [-0.05, 0) is 30.0 Å². The number of rotatable bonds is 2. The molecule has 1 aromatic carbocycles. The van der Waals surface area contributed by atoms with E-state index in [0.717, 1.165) is 5.56 Å². The molecule has 0 aromatic heterocycles. The second-order valence-corrected chi connectivity index (χ2v) is 4.33. The summed E-state index contributed by atoms with van der Waals surface area (Å²) in [4.78, 5) is 11.2. The van der Waals surface area contributed by atoms with Crippen LogP contribution in [0, 0.1) is 5.92 Å². The highest BCUT2D eigenvalue weighted by molar-refractivity contribution is 6.30. The van der Waals surface area contributed by atoms with Gasteiger partial charge in [0.1, 0.15) is 0 Å². The maximum Gasteiger partial charge on any atom is 0.314 e. The maximum atomic E-state index is 11.2. The fourth-order valence-electron chi connectivity index (χ4n) is 2.01. The lowest BCUT2D eigenvalue weighted by atomic mass is 9.94. The Kier molecular flexibility index (Phi) is 2.04. The van der Waals surface area contributed by atoms with Crippen molar-refractivity contribution in [2.45, 2.75) is 18.8 Å². The van der Waals surface area contributed by atoms with Crippen LogP contribution in [0.15, 0.2) is 24.3 Å². The summed E-state index contributed by atoms with van der Waals surface area (Å²) in [5, 5.41) is 9.77. The molecule has 2 atom stereocenters. The van der Waals surface area contributed by atoms with Crippen LogP contribution in [0.4, 0.5) is 0 Å². The normalized spacial score (nSPS) is 30.0. The Labute approximate surface area is 87.5 Å². The minimum absolute atomic E-state index is 0.207. The topological polar surface area (TPSA) is 37.3 Å². The molecule has 1 aromatic rings. The Morgan fingerprint density at radius 3 is 2.71 bits per heavy atom. The van der Waals surface area contributed by atoms with Gasteiger partial charge in [0.25, 0.3) is 0 Å². The van der Waals surface area contributed by atoms with Crippen molar-refractivity contribution in [1.29, 1.82) is 0 Å². The Balaban J connectivity index is 2.44. The molecule has 0 amide bonds. The molecule has 0 heterocycles. The molecule has 0 aliphatic heterocycles. The third-order valence-corrected chi connectivity index (χ3v) is 3.27. The predicted octanol–water partition coefficient (Wildman–Crippen LogP) is 2.70. The van der Waals surface area contributed by atoms with Gasteiger partial charge in [-0.2, -0.15) is 0 Å². The van der Waals surface area contributed by atoms with E-state index in [4.69, 9.17) is 11.6 Å². The van der Waals surface area contributed by atoms with E-state index in [1.807, 2.05) is 13.0 Å². The van der Waals surface area contributed by atoms with Crippen LogP contribution in [0.3, 0.4) is 0 Å². The number of aliphatic carboxylic acids is 1. The SMILES string of the molecule is CC1CC1(C(=O)O)c1cccc(Cl)c1. The zero-order valence-corrected chi connectivity index (χ0v) is 8.58. The lowest BCUT2D eigenvalue weighted by molar-refractivity contribution is -0.140. The van der Waals surface area contributed by atoms with E-state index >= 15 is 0 Å². The van der Waals surface area contributed by atoms with Crippen molar-refractivity contribution in [1.82, 2.24) is 0 Å². The number of halogens is 1. The third-order valence-electron chi connectivity index (χ3n) is 3.03. The molecule has 1 N–H and O–H groups in total. The van der Waals surface area contributed by atoms with E-state index in [1.165, 1.54) is 0 Å². The quantitative estimate of drug-likeness (QED) is 0.815. The molecule has 0 bridgehead atoms. The highest BCUT2D eigenvalue weighted by Crippen LogP contribution is 2.54. The van der Waals surface area contributed by atoms with Crippen LogP contribution in [-0.4, -0.2) is 11.1 Å². The highest BCUT2D eigenvalue weighted by Gasteiger charge is 2.58. The Bertz CT molecular complexity index is 389. The minimum Gasteiger partial charge on any atom is -0.481 e. The van der Waals surface area contributed by atoms with E-state index < -0.39 is 11.4 Å². The van der Waals surface area contributed by atoms with E-state index in [2.05, 4.69) is 0 Å². The monoisotopic (exact) mass is 210 g/mol. The molecule has 14 heavy (non-hydrogen) atoms. The summed E-state index contributed by atoms with van der Waals surface area (Å²) in [5.74, 6) is -0.536. The van der Waals surface area contributed by atoms with Crippen molar-refractivity contribution in [3.63, 3.8) is 0 Å². The first-order chi connectivity index (χ1) is 6.57. The molecule has 1 fully saturated rings. The van der Waals surface area contributed by atoms with Gasteiger partial charge in [-0.25, -0.2) is 0 Å². The molecule has 2 rings (SSSR count). The molecule has 1 aliphatic rings. The molecule has 74 valence electrons. The standard InChI is InChI=1S/C11H11ClO2/c1-7-6-11(7,10(13)14)8-3-2-4-9(12)5-8/h2-5,7H,6H2,1H3,(H,13,14). The molecular weight excluding hydrogens is 200 g/mol. The fourth-order valence-corrected chi connectivity index (χ4v) is 2.20. The van der Waals surface area contributed by atoms with Gasteiger partial charge in [0.15, 0.2) is 0 Å². The molecule has 3 heteroatoms. The van der Waals surface area contributed by atoms with Crippen LogP contribution in [-0.2, 0) is 10.2 Å². The first-order valence-corrected chi connectivity index (χ1v) is 4.94. The van der Waals surface area contributed by atoms with E-state index in [0.29, 0.717) is 11.4 Å². The van der Waals surface area contributed by atoms with Gasteiger partial charge in [0, 0.05) is 5.02 Å². The summed E-state index contributed by atoms with van der Waals surface area (Å²) in [6, 6.07) is 7.14. The van der Waals surface area contributed by atoms with E-state index in [-0.39, 0.29) is 5.92 Å². The first kappa shape index (κ1) is 9.53. The lowest BCUT2D eigenvalue weighted by Crippen LogP contribution is -2.21. The van der Waals surface area contributed by atoms with Crippen molar-refractivity contribution in [3.8, 4) is 0 Å². The van der Waals surface area contributed by atoms with Crippen LogP contribution < -0.4 is 0 Å². The zero-order chi connectivity index (χ0) is 10.3. The Hall–Kier alpha value is -1.02. The van der Waals surface area contributed by atoms with E-state index in [9.17, 15) is 9.90 Å². The molecule has 0 radical (unpaired) electrons. The number of carbonyl (C=O) groups is 1. The number of benzene rings is 1. The van der Waals surface area contributed by atoms with Crippen molar-refractivity contribution in [2.24, 2.45) is 5.92 Å². The second kappa shape index (κ2) is 2.99. The molecule has 1 aliphatic carbocycles. The largest absolute Gasteiger partial charge is 0.481 e. The van der Waals surface area contributed by atoms with Gasteiger partial charge < -0.3 is 5.11 Å². The maximum absolute atomic E-state index is 11.2. The van der Waals surface area contributed by atoms with Gasteiger partial charge in [0.05, 0.1) is 5.41 Å². The third kappa shape index (κ3) is 1.22.